The predicted octanol–water partition coefficient (Wildman–Crippen LogP) is 2.64. The number of fused-ring (bicyclic) bond motifs is 1. The van der Waals surface area contributed by atoms with Crippen LogP contribution in [0.15, 0.2) is 18.2 Å². The smallest absolute Gasteiger partial charge is 0.264 e. The molecule has 17 nitrogen and oxygen atoms in total. The summed E-state index contributed by atoms with van der Waals surface area (Å²) in [5.41, 5.74) is 0.913. The van der Waals surface area contributed by atoms with Gasteiger partial charge in [-0.1, -0.05) is 38.7 Å². The molecule has 1 saturated heterocycles. The molecule has 0 aromatic heterocycles. The third-order valence-electron chi connectivity index (χ3n) is 8.77. The van der Waals surface area contributed by atoms with Crippen molar-refractivity contribution < 1.29 is 66.5 Å². The Kier molecular flexibility index (Phi) is 27.0. The van der Waals surface area contributed by atoms with Crippen molar-refractivity contribution in [1.82, 2.24) is 10.2 Å². The van der Waals surface area contributed by atoms with Crippen molar-refractivity contribution in [1.29, 1.82) is 0 Å². The van der Waals surface area contributed by atoms with Crippen LogP contribution in [0.2, 0.25) is 0 Å². The Labute approximate surface area is 336 Å². The highest BCUT2D eigenvalue weighted by Crippen LogP contribution is 2.32. The molecule has 0 spiro atoms. The van der Waals surface area contributed by atoms with Crippen molar-refractivity contribution >= 4 is 29.3 Å². The Balaban J connectivity index is 0.995. The van der Waals surface area contributed by atoms with Gasteiger partial charge in [-0.25, -0.2) is 0 Å². The number of nitrogens with zero attached hydrogens (tertiary/aromatic N) is 1. The number of carbonyl (C=O) groups is 4. The first-order valence-corrected chi connectivity index (χ1v) is 20.4. The fourth-order valence-electron chi connectivity index (χ4n) is 5.81. The minimum atomic E-state index is -1.01. The molecule has 1 unspecified atom stereocenters. The lowest BCUT2D eigenvalue weighted by molar-refractivity contribution is -0.136. The number of hydrogen-bond acceptors (Lipinski definition) is 15. The zero-order valence-corrected chi connectivity index (χ0v) is 33.8. The zero-order valence-electron chi connectivity index (χ0n) is 33.8. The standard InChI is InChI=1S/C40H65N3O14/c1-2-3-4-5-6-13-48-15-17-50-19-21-52-23-25-54-27-29-56-31-32-57-30-28-55-26-24-53-22-20-51-18-16-49-14-12-41-34-9-7-8-33-37(34)40(47)43(39(33)46)35-10-11-36(44)42-38(35)45/h7-9,35,41H,2-6,10-32H2,1H3,(H,42,44,45). The molecule has 0 bridgehead atoms. The molecule has 0 aliphatic carbocycles. The van der Waals surface area contributed by atoms with E-state index in [1.54, 1.807) is 18.2 Å². The molecule has 17 heteroatoms. The summed E-state index contributed by atoms with van der Waals surface area (Å²) in [6, 6.07) is 3.91. The summed E-state index contributed by atoms with van der Waals surface area (Å²) in [4.78, 5) is 50.9. The quantitative estimate of drug-likeness (QED) is 0.0733. The molecular weight excluding hydrogens is 746 g/mol. The Hall–Kier alpha value is -3.10. The van der Waals surface area contributed by atoms with Crippen LogP contribution >= 0.6 is 0 Å². The highest BCUT2D eigenvalue weighted by atomic mass is 16.6. The van der Waals surface area contributed by atoms with E-state index in [-0.39, 0.29) is 24.0 Å². The number of nitrogens with one attached hydrogen (secondary N) is 2. The first-order valence-electron chi connectivity index (χ1n) is 20.4. The van der Waals surface area contributed by atoms with Gasteiger partial charge in [0.25, 0.3) is 11.8 Å². The number of ether oxygens (including phenoxy) is 10. The lowest BCUT2D eigenvalue weighted by Gasteiger charge is -2.27. The normalized spacial score (nSPS) is 15.5. The largest absolute Gasteiger partial charge is 0.382 e. The van der Waals surface area contributed by atoms with Gasteiger partial charge in [0.15, 0.2) is 0 Å². The van der Waals surface area contributed by atoms with Crippen LogP contribution < -0.4 is 10.6 Å². The predicted molar refractivity (Wildman–Crippen MR) is 209 cm³/mol. The van der Waals surface area contributed by atoms with Gasteiger partial charge in [0, 0.05) is 25.3 Å². The van der Waals surface area contributed by atoms with Crippen LogP contribution in [-0.4, -0.2) is 173 Å². The maximum absolute atomic E-state index is 13.2. The molecule has 2 aliphatic rings. The Morgan fingerprint density at radius 3 is 1.46 bits per heavy atom. The number of benzene rings is 1. The molecule has 2 aliphatic heterocycles. The zero-order chi connectivity index (χ0) is 40.6. The molecule has 0 saturated carbocycles. The van der Waals surface area contributed by atoms with E-state index in [2.05, 4.69) is 17.6 Å². The van der Waals surface area contributed by atoms with Crippen molar-refractivity contribution in [3.8, 4) is 0 Å². The Morgan fingerprint density at radius 1 is 0.561 bits per heavy atom. The maximum atomic E-state index is 13.2. The number of hydrogen-bond donors (Lipinski definition) is 2. The van der Waals surface area contributed by atoms with Gasteiger partial charge >= 0.3 is 0 Å². The molecule has 57 heavy (non-hydrogen) atoms. The molecule has 1 atom stereocenters. The van der Waals surface area contributed by atoms with E-state index in [1.807, 2.05) is 0 Å². The van der Waals surface area contributed by atoms with Crippen LogP contribution in [0.1, 0.15) is 72.6 Å². The molecule has 3 rings (SSSR count). The van der Waals surface area contributed by atoms with Crippen molar-refractivity contribution in [2.75, 3.05) is 144 Å². The molecule has 4 amide bonds. The van der Waals surface area contributed by atoms with Gasteiger partial charge in [-0.05, 0) is 25.0 Å². The molecule has 1 fully saturated rings. The van der Waals surface area contributed by atoms with Crippen LogP contribution in [0, 0.1) is 0 Å². The molecule has 1 aromatic carbocycles. The van der Waals surface area contributed by atoms with Gasteiger partial charge < -0.3 is 52.7 Å². The number of imide groups is 2. The summed E-state index contributed by atoms with van der Waals surface area (Å²) in [5, 5.41) is 5.34. The second-order valence-corrected chi connectivity index (χ2v) is 13.1. The van der Waals surface area contributed by atoms with Gasteiger partial charge in [0.1, 0.15) is 6.04 Å². The summed E-state index contributed by atoms with van der Waals surface area (Å²) in [5.74, 6) is -2.16. The van der Waals surface area contributed by atoms with Gasteiger partial charge in [-0.2, -0.15) is 0 Å². The SMILES string of the molecule is CCCCCCCOCCOCCOCCOCCOCCOCCOCCOCCOCCOCCNc1cccc2c1C(=O)N(C1CCC(=O)NC1=O)C2=O. The number of piperidine rings is 1. The lowest BCUT2D eigenvalue weighted by atomic mass is 10.0. The van der Waals surface area contributed by atoms with E-state index in [9.17, 15) is 19.2 Å². The van der Waals surface area contributed by atoms with E-state index in [1.165, 1.54) is 25.7 Å². The average molecular weight is 812 g/mol. The monoisotopic (exact) mass is 811 g/mol. The molecule has 2 N–H and O–H groups in total. The maximum Gasteiger partial charge on any atom is 0.264 e. The van der Waals surface area contributed by atoms with Crippen molar-refractivity contribution in [3.63, 3.8) is 0 Å². The van der Waals surface area contributed by atoms with Crippen LogP contribution in [-0.2, 0) is 57.0 Å². The fourth-order valence-corrected chi connectivity index (χ4v) is 5.81. The van der Waals surface area contributed by atoms with E-state index in [0.29, 0.717) is 138 Å². The van der Waals surface area contributed by atoms with Crippen molar-refractivity contribution in [2.24, 2.45) is 0 Å². The molecule has 2 heterocycles. The summed E-state index contributed by atoms with van der Waals surface area (Å²) in [6.45, 7) is 12.5. The van der Waals surface area contributed by atoms with Gasteiger partial charge in [0.05, 0.1) is 137 Å². The summed E-state index contributed by atoms with van der Waals surface area (Å²) in [7, 11) is 0. The minimum Gasteiger partial charge on any atom is -0.382 e. The van der Waals surface area contributed by atoms with Crippen molar-refractivity contribution in [2.45, 2.75) is 57.9 Å². The first-order chi connectivity index (χ1) is 28.0. The molecule has 324 valence electrons. The second kappa shape index (κ2) is 31.8. The lowest BCUT2D eigenvalue weighted by Crippen LogP contribution is -2.54. The number of amides is 4. The summed E-state index contributed by atoms with van der Waals surface area (Å²) >= 11 is 0. The van der Waals surface area contributed by atoms with E-state index in [0.717, 1.165) is 17.9 Å². The number of carbonyl (C=O) groups excluding carboxylic acids is 4. The second-order valence-electron chi connectivity index (χ2n) is 13.1. The fraction of sp³-hybridized carbons (Fsp3) is 0.750. The molecule has 0 radical (unpaired) electrons. The van der Waals surface area contributed by atoms with Gasteiger partial charge in [0.2, 0.25) is 11.8 Å². The Bertz CT molecular complexity index is 1270. The third kappa shape index (κ3) is 20.4. The van der Waals surface area contributed by atoms with E-state index >= 15 is 0 Å². The van der Waals surface area contributed by atoms with Crippen LogP contribution in [0.3, 0.4) is 0 Å². The number of unbranched alkanes of at least 4 members (excludes halogenated alkanes) is 4. The van der Waals surface area contributed by atoms with Crippen LogP contribution in [0.25, 0.3) is 0 Å². The average Bonchev–Trinajstić information content (AvgIpc) is 3.46. The van der Waals surface area contributed by atoms with Crippen LogP contribution in [0.4, 0.5) is 5.69 Å². The highest BCUT2D eigenvalue weighted by molar-refractivity contribution is 6.25. The van der Waals surface area contributed by atoms with E-state index < -0.39 is 29.7 Å². The number of rotatable bonds is 38. The van der Waals surface area contributed by atoms with Gasteiger partial charge in [-0.3, -0.25) is 29.4 Å². The third-order valence-corrected chi connectivity index (χ3v) is 8.77. The molecular formula is C40H65N3O14. The first kappa shape index (κ1) is 48.3. The van der Waals surface area contributed by atoms with Gasteiger partial charge in [-0.15, -0.1) is 0 Å². The minimum absolute atomic E-state index is 0.0670. The van der Waals surface area contributed by atoms with Crippen LogP contribution in [0.5, 0.6) is 0 Å². The summed E-state index contributed by atoms with van der Waals surface area (Å²) in [6.07, 6.45) is 6.39. The highest BCUT2D eigenvalue weighted by Gasteiger charge is 2.45. The molecule has 1 aromatic rings. The number of anilines is 1. The Morgan fingerprint density at radius 2 is 1.00 bits per heavy atom. The van der Waals surface area contributed by atoms with E-state index in [4.69, 9.17) is 47.4 Å². The topological polar surface area (TPSA) is 188 Å². The summed E-state index contributed by atoms with van der Waals surface area (Å²) < 4.78 is 55.2. The van der Waals surface area contributed by atoms with Crippen molar-refractivity contribution in [3.05, 3.63) is 29.3 Å².